The first-order valence-electron chi connectivity index (χ1n) is 6.02. The first-order valence-corrected chi connectivity index (χ1v) is 6.40. The zero-order chi connectivity index (χ0) is 11.5. The van der Waals surface area contributed by atoms with Crippen LogP contribution in [0.25, 0.3) is 0 Å². The summed E-state index contributed by atoms with van der Waals surface area (Å²) in [6.45, 7) is 4.66. The number of nitrogens with zero attached hydrogens (tertiary/aromatic N) is 1. The lowest BCUT2D eigenvalue weighted by Gasteiger charge is -2.32. The molecule has 88 valence electrons. The third-order valence-electron chi connectivity index (χ3n) is 3.25. The second-order valence-electron chi connectivity index (χ2n) is 5.10. The molecule has 1 aromatic rings. The molecule has 0 bridgehead atoms. The summed E-state index contributed by atoms with van der Waals surface area (Å²) < 4.78 is 0. The van der Waals surface area contributed by atoms with E-state index in [9.17, 15) is 0 Å². The highest BCUT2D eigenvalue weighted by Crippen LogP contribution is 2.30. The van der Waals surface area contributed by atoms with Crippen LogP contribution in [0, 0.1) is 11.8 Å². The number of pyridine rings is 1. The van der Waals surface area contributed by atoms with E-state index in [1.54, 1.807) is 6.07 Å². The van der Waals surface area contributed by atoms with Crippen LogP contribution in [-0.2, 0) is 0 Å². The van der Waals surface area contributed by atoms with Crippen LogP contribution in [0.2, 0.25) is 5.15 Å². The normalized spacial score (nSPS) is 30.1. The molecular formula is C13H19ClN2. The maximum atomic E-state index is 5.87. The number of hydrogen-bond donors (Lipinski definition) is 1. The van der Waals surface area contributed by atoms with Gasteiger partial charge in [0, 0.05) is 6.04 Å². The van der Waals surface area contributed by atoms with Gasteiger partial charge in [0.25, 0.3) is 0 Å². The highest BCUT2D eigenvalue weighted by Gasteiger charge is 2.23. The first-order chi connectivity index (χ1) is 7.63. The SMILES string of the molecule is CC1CC(C)CC(Nc2cccc(Cl)n2)C1. The molecule has 2 rings (SSSR count). The zero-order valence-corrected chi connectivity index (χ0v) is 10.7. The quantitative estimate of drug-likeness (QED) is 0.789. The Morgan fingerprint density at radius 1 is 1.19 bits per heavy atom. The average Bonchev–Trinajstić information content (AvgIpc) is 2.15. The molecular weight excluding hydrogens is 220 g/mol. The van der Waals surface area contributed by atoms with Crippen LogP contribution in [-0.4, -0.2) is 11.0 Å². The number of anilines is 1. The summed E-state index contributed by atoms with van der Waals surface area (Å²) in [5, 5.41) is 4.04. The van der Waals surface area contributed by atoms with Gasteiger partial charge in [-0.3, -0.25) is 0 Å². The van der Waals surface area contributed by atoms with E-state index in [-0.39, 0.29) is 0 Å². The third-order valence-corrected chi connectivity index (χ3v) is 3.46. The Morgan fingerprint density at radius 2 is 1.88 bits per heavy atom. The summed E-state index contributed by atoms with van der Waals surface area (Å²) in [5.74, 6) is 2.51. The molecule has 1 N–H and O–H groups in total. The lowest BCUT2D eigenvalue weighted by atomic mass is 9.80. The molecule has 1 fully saturated rings. The monoisotopic (exact) mass is 238 g/mol. The Bertz CT molecular complexity index is 344. The Balaban J connectivity index is 1.98. The van der Waals surface area contributed by atoms with Crippen molar-refractivity contribution in [3.05, 3.63) is 23.4 Å². The van der Waals surface area contributed by atoms with Crippen molar-refractivity contribution in [2.24, 2.45) is 11.8 Å². The number of rotatable bonds is 2. The predicted octanol–water partition coefficient (Wildman–Crippen LogP) is 3.97. The van der Waals surface area contributed by atoms with Crippen LogP contribution in [0.1, 0.15) is 33.1 Å². The number of halogens is 1. The van der Waals surface area contributed by atoms with E-state index in [1.807, 2.05) is 12.1 Å². The summed E-state index contributed by atoms with van der Waals surface area (Å²) in [5.41, 5.74) is 0. The Hall–Kier alpha value is -0.760. The van der Waals surface area contributed by atoms with Crippen molar-refractivity contribution in [3.8, 4) is 0 Å². The minimum atomic E-state index is 0.546. The molecule has 0 aromatic carbocycles. The van der Waals surface area contributed by atoms with Crippen molar-refractivity contribution >= 4 is 17.4 Å². The topological polar surface area (TPSA) is 24.9 Å². The van der Waals surface area contributed by atoms with Gasteiger partial charge in [0.2, 0.25) is 0 Å². The summed E-state index contributed by atoms with van der Waals surface area (Å²) >= 11 is 5.87. The number of nitrogens with one attached hydrogen (secondary N) is 1. The highest BCUT2D eigenvalue weighted by molar-refractivity contribution is 6.29. The molecule has 16 heavy (non-hydrogen) atoms. The van der Waals surface area contributed by atoms with Gasteiger partial charge in [0.15, 0.2) is 0 Å². The maximum absolute atomic E-state index is 5.87. The fourth-order valence-corrected chi connectivity index (χ4v) is 2.93. The molecule has 0 aliphatic heterocycles. The van der Waals surface area contributed by atoms with Crippen LogP contribution in [0.3, 0.4) is 0 Å². The molecule has 1 saturated carbocycles. The van der Waals surface area contributed by atoms with Crippen molar-refractivity contribution in [2.75, 3.05) is 5.32 Å². The molecule has 0 spiro atoms. The van der Waals surface area contributed by atoms with Crippen LogP contribution < -0.4 is 5.32 Å². The van der Waals surface area contributed by atoms with Crippen molar-refractivity contribution in [3.63, 3.8) is 0 Å². The van der Waals surface area contributed by atoms with Crippen molar-refractivity contribution in [1.29, 1.82) is 0 Å². The van der Waals surface area contributed by atoms with Gasteiger partial charge in [0.1, 0.15) is 11.0 Å². The Labute approximate surface area is 102 Å². The van der Waals surface area contributed by atoms with Gasteiger partial charge in [-0.15, -0.1) is 0 Å². The van der Waals surface area contributed by atoms with Crippen LogP contribution in [0.15, 0.2) is 18.2 Å². The summed E-state index contributed by atoms with van der Waals surface area (Å²) in [6.07, 6.45) is 3.82. The van der Waals surface area contributed by atoms with Gasteiger partial charge in [-0.25, -0.2) is 4.98 Å². The Kier molecular flexibility index (Phi) is 3.70. The molecule has 3 heteroatoms. The molecule has 1 aliphatic carbocycles. The Morgan fingerprint density at radius 3 is 2.50 bits per heavy atom. The molecule has 0 radical (unpaired) electrons. The van der Waals surface area contributed by atoms with Crippen molar-refractivity contribution in [1.82, 2.24) is 4.98 Å². The molecule has 1 aliphatic rings. The zero-order valence-electron chi connectivity index (χ0n) is 9.91. The minimum absolute atomic E-state index is 0.546. The molecule has 2 nitrogen and oxygen atoms in total. The van der Waals surface area contributed by atoms with Crippen LogP contribution in [0.5, 0.6) is 0 Å². The average molecular weight is 239 g/mol. The standard InChI is InChI=1S/C13H19ClN2/c1-9-6-10(2)8-11(7-9)15-13-5-3-4-12(14)16-13/h3-5,9-11H,6-8H2,1-2H3,(H,15,16). The largest absolute Gasteiger partial charge is 0.367 e. The van der Waals surface area contributed by atoms with Gasteiger partial charge >= 0.3 is 0 Å². The second kappa shape index (κ2) is 5.05. The number of hydrogen-bond acceptors (Lipinski definition) is 2. The van der Waals surface area contributed by atoms with Crippen molar-refractivity contribution in [2.45, 2.75) is 39.2 Å². The van der Waals surface area contributed by atoms with E-state index in [0.717, 1.165) is 17.7 Å². The van der Waals surface area contributed by atoms with Crippen LogP contribution >= 0.6 is 11.6 Å². The maximum Gasteiger partial charge on any atom is 0.131 e. The van der Waals surface area contributed by atoms with E-state index in [0.29, 0.717) is 11.2 Å². The van der Waals surface area contributed by atoms with Crippen molar-refractivity contribution < 1.29 is 0 Å². The molecule has 1 aromatic heterocycles. The van der Waals surface area contributed by atoms with Gasteiger partial charge in [-0.2, -0.15) is 0 Å². The van der Waals surface area contributed by atoms with E-state index in [2.05, 4.69) is 24.1 Å². The van der Waals surface area contributed by atoms with Gasteiger partial charge in [0.05, 0.1) is 0 Å². The van der Waals surface area contributed by atoms with Gasteiger partial charge in [-0.1, -0.05) is 31.5 Å². The molecule has 1 heterocycles. The van der Waals surface area contributed by atoms with E-state index in [4.69, 9.17) is 11.6 Å². The third kappa shape index (κ3) is 3.11. The smallest absolute Gasteiger partial charge is 0.131 e. The summed E-state index contributed by atoms with van der Waals surface area (Å²) in [7, 11) is 0. The molecule has 0 saturated heterocycles. The second-order valence-corrected chi connectivity index (χ2v) is 5.49. The fourth-order valence-electron chi connectivity index (χ4n) is 2.76. The summed E-state index contributed by atoms with van der Waals surface area (Å²) in [6, 6.07) is 6.27. The van der Waals surface area contributed by atoms with E-state index < -0.39 is 0 Å². The number of aromatic nitrogens is 1. The summed E-state index contributed by atoms with van der Waals surface area (Å²) in [4.78, 5) is 4.27. The lowest BCUT2D eigenvalue weighted by Crippen LogP contribution is -2.30. The van der Waals surface area contributed by atoms with Gasteiger partial charge in [-0.05, 0) is 43.2 Å². The van der Waals surface area contributed by atoms with Gasteiger partial charge < -0.3 is 5.32 Å². The lowest BCUT2D eigenvalue weighted by molar-refractivity contribution is 0.280. The predicted molar refractivity (Wildman–Crippen MR) is 68.8 cm³/mol. The molecule has 2 atom stereocenters. The van der Waals surface area contributed by atoms with Crippen LogP contribution in [0.4, 0.5) is 5.82 Å². The van der Waals surface area contributed by atoms with E-state index >= 15 is 0 Å². The van der Waals surface area contributed by atoms with E-state index in [1.165, 1.54) is 19.3 Å². The molecule has 2 unspecified atom stereocenters. The molecule has 0 amide bonds. The first kappa shape index (κ1) is 11.7. The highest BCUT2D eigenvalue weighted by atomic mass is 35.5. The fraction of sp³-hybridized carbons (Fsp3) is 0.615. The minimum Gasteiger partial charge on any atom is -0.367 e.